The van der Waals surface area contributed by atoms with Gasteiger partial charge in [0, 0.05) is 50.1 Å². The minimum Gasteiger partial charge on any atom is -0.661 e. The van der Waals surface area contributed by atoms with Crippen LogP contribution >= 0.6 is 0 Å². The molecule has 0 N–H and O–H groups in total. The molecule has 0 spiro atoms. The van der Waals surface area contributed by atoms with E-state index in [9.17, 15) is 9.18 Å². The average Bonchev–Trinajstić information content (AvgIpc) is 2.93. The summed E-state index contributed by atoms with van der Waals surface area (Å²) >= 11 is 0. The van der Waals surface area contributed by atoms with Gasteiger partial charge in [-0.15, -0.1) is 5.52 Å². The fraction of sp³-hybridized carbons (Fsp3) is 0.474. The Morgan fingerprint density at radius 3 is 2.58 bits per heavy atom. The maximum Gasteiger partial charge on any atom is 2.00 e. The van der Waals surface area contributed by atoms with E-state index in [1.54, 1.807) is 6.92 Å². The first-order valence-electron chi connectivity index (χ1n) is 8.14. The van der Waals surface area contributed by atoms with Crippen LogP contribution in [0.5, 0.6) is 0 Å². The monoisotopic (exact) mass is 525 g/mol. The number of alkyl halides is 1. The van der Waals surface area contributed by atoms with E-state index < -0.39 is 6.17 Å². The van der Waals surface area contributed by atoms with E-state index in [1.807, 2.05) is 24.3 Å². The molecule has 1 fully saturated rings. The molecule has 1 aliphatic carbocycles. The van der Waals surface area contributed by atoms with Crippen molar-refractivity contribution in [2.24, 2.45) is 0 Å². The quantitative estimate of drug-likeness (QED) is 0.426. The van der Waals surface area contributed by atoms with Gasteiger partial charge in [0.1, 0.15) is 12.5 Å². The second-order valence-corrected chi connectivity index (χ2v) is 5.60. The fourth-order valence-corrected chi connectivity index (χ4v) is 3.37. The molecule has 1 saturated carbocycles. The van der Waals surface area contributed by atoms with Gasteiger partial charge in [-0.1, -0.05) is 42.7 Å². The van der Waals surface area contributed by atoms with Crippen molar-refractivity contribution in [3.05, 3.63) is 42.4 Å². The van der Waals surface area contributed by atoms with Crippen LogP contribution in [0.2, 0.25) is 0 Å². The number of hydrogen-bond donors (Lipinski definition) is 0. The molecule has 0 bridgehead atoms. The zero-order chi connectivity index (χ0) is 15.9. The smallest absolute Gasteiger partial charge is 0.661 e. The predicted molar refractivity (Wildman–Crippen MR) is 88.8 cm³/mol. The minimum atomic E-state index is -0.772. The van der Waals surface area contributed by atoms with Gasteiger partial charge in [-0.25, -0.2) is 4.39 Å². The molecule has 2 aromatic rings. The number of aromatic nitrogens is 1. The Morgan fingerprint density at radius 1 is 1.25 bits per heavy atom. The van der Waals surface area contributed by atoms with E-state index >= 15 is 0 Å². The largest absolute Gasteiger partial charge is 2.00 e. The van der Waals surface area contributed by atoms with Gasteiger partial charge in [0.25, 0.3) is 0 Å². The SMILES string of the molecule is O=CCCc1[n-]c2ccccc2c1C1CCCCC1F.[Ar].[CH2-]C.[W+2]. The van der Waals surface area contributed by atoms with Gasteiger partial charge < -0.3 is 16.7 Å². The van der Waals surface area contributed by atoms with E-state index in [4.69, 9.17) is 0 Å². The van der Waals surface area contributed by atoms with Crippen LogP contribution in [-0.2, 0) is 32.3 Å². The van der Waals surface area contributed by atoms with E-state index in [-0.39, 0.29) is 64.7 Å². The summed E-state index contributed by atoms with van der Waals surface area (Å²) in [6.07, 6.45) is 4.83. The van der Waals surface area contributed by atoms with Gasteiger partial charge in [0.2, 0.25) is 0 Å². The van der Waals surface area contributed by atoms with Gasteiger partial charge in [-0.05, 0) is 24.6 Å². The molecule has 1 aliphatic rings. The Bertz CT molecular complexity index is 616. The molecule has 1 aromatic carbocycles. The third kappa shape index (κ3) is 5.66. The van der Waals surface area contributed by atoms with Crippen LogP contribution in [0.3, 0.4) is 0 Å². The molecule has 1 heterocycles. The number of para-hydroxylation sites is 1. The van der Waals surface area contributed by atoms with Crippen molar-refractivity contribution >= 4 is 17.2 Å². The normalized spacial score (nSPS) is 19.5. The fourth-order valence-electron chi connectivity index (χ4n) is 3.37. The molecule has 132 valence electrons. The van der Waals surface area contributed by atoms with E-state index in [1.165, 1.54) is 0 Å². The van der Waals surface area contributed by atoms with Crippen molar-refractivity contribution in [3.8, 4) is 0 Å². The van der Waals surface area contributed by atoms with Crippen molar-refractivity contribution in [1.29, 1.82) is 0 Å². The van der Waals surface area contributed by atoms with Gasteiger partial charge >= 0.3 is 21.1 Å². The standard InChI is InChI=1S/C17H19FNO.C2H5.Ar.W/c18-14-8-3-1-6-12(14)17-13-7-2-4-9-15(13)19-16(17)10-5-11-20;1-2;;/h2,4,7,9,11-12,14H,1,3,5-6,8,10H2;1H2,2H3;;/q2*-1;;+2. The van der Waals surface area contributed by atoms with Crippen molar-refractivity contribution in [1.82, 2.24) is 4.98 Å². The number of nitrogens with zero attached hydrogens (tertiary/aromatic N) is 1. The third-order valence-corrected chi connectivity index (χ3v) is 4.31. The summed E-state index contributed by atoms with van der Waals surface area (Å²) in [5.41, 5.74) is 2.92. The maximum absolute atomic E-state index is 14.3. The Balaban J connectivity index is 0.00000128. The Kier molecular flexibility index (Phi) is 12.8. The van der Waals surface area contributed by atoms with Gasteiger partial charge in [-0.2, -0.15) is 12.6 Å². The summed E-state index contributed by atoms with van der Waals surface area (Å²) in [6, 6.07) is 7.94. The molecule has 2 nitrogen and oxygen atoms in total. The van der Waals surface area contributed by atoms with Crippen LogP contribution in [0.1, 0.15) is 56.2 Å². The summed E-state index contributed by atoms with van der Waals surface area (Å²) in [6.45, 7) is 5.00. The van der Waals surface area contributed by atoms with Gasteiger partial charge in [0.05, 0.1) is 0 Å². The number of fused-ring (bicyclic) bond motifs is 1. The Labute approximate surface area is 188 Å². The summed E-state index contributed by atoms with van der Waals surface area (Å²) < 4.78 is 14.3. The number of hydrogen-bond acceptors (Lipinski definition) is 1. The molecule has 24 heavy (non-hydrogen) atoms. The van der Waals surface area contributed by atoms with Crippen molar-refractivity contribution in [2.45, 2.75) is 57.5 Å². The molecule has 0 amide bonds. The van der Waals surface area contributed by atoms with E-state index in [2.05, 4.69) is 11.9 Å². The van der Waals surface area contributed by atoms with E-state index in [0.29, 0.717) is 19.3 Å². The zero-order valence-electron chi connectivity index (χ0n) is 14.0. The maximum atomic E-state index is 14.3. The number of carbonyl (C=O) groups excluding carboxylic acids is 1. The first kappa shape index (κ1) is 24.3. The molecule has 0 radical (unpaired) electrons. The summed E-state index contributed by atoms with van der Waals surface area (Å²) in [7, 11) is 0. The van der Waals surface area contributed by atoms with Crippen LogP contribution in [0.15, 0.2) is 24.3 Å². The van der Waals surface area contributed by atoms with Crippen molar-refractivity contribution < 1.29 is 68.0 Å². The predicted octanol–water partition coefficient (Wildman–Crippen LogP) is 4.76. The molecule has 5 heteroatoms. The summed E-state index contributed by atoms with van der Waals surface area (Å²) in [4.78, 5) is 15.3. The minimum absolute atomic E-state index is 0. The Hall–Kier alpha value is 0.308. The second kappa shape index (κ2) is 12.6. The molecule has 2 atom stereocenters. The second-order valence-electron chi connectivity index (χ2n) is 5.60. The molecule has 2 unspecified atom stereocenters. The van der Waals surface area contributed by atoms with Gasteiger partial charge in [0.15, 0.2) is 0 Å². The van der Waals surface area contributed by atoms with Crippen LogP contribution in [0, 0.1) is 44.7 Å². The van der Waals surface area contributed by atoms with Crippen molar-refractivity contribution in [3.63, 3.8) is 0 Å². The van der Waals surface area contributed by atoms with Gasteiger partial charge in [-0.3, -0.25) is 0 Å². The van der Waals surface area contributed by atoms with Crippen LogP contribution in [0.25, 0.3) is 10.9 Å². The topological polar surface area (TPSA) is 31.2 Å². The number of carbonyl (C=O) groups is 1. The number of aryl methyl sites for hydroxylation is 1. The summed E-state index contributed by atoms with van der Waals surface area (Å²) in [5.74, 6) is -0.0437. The summed E-state index contributed by atoms with van der Waals surface area (Å²) in [5, 5.41) is 1.07. The number of halogens is 1. The Morgan fingerprint density at radius 2 is 1.92 bits per heavy atom. The van der Waals surface area contributed by atoms with E-state index in [0.717, 1.165) is 47.7 Å². The third-order valence-electron chi connectivity index (χ3n) is 4.31. The first-order valence-corrected chi connectivity index (χ1v) is 8.14. The molecular weight excluding hydrogens is 501 g/mol. The zero-order valence-corrected chi connectivity index (χ0v) is 17.6. The first-order chi connectivity index (χ1) is 10.8. The average molecular weight is 525 g/mol. The number of benzene rings is 1. The van der Waals surface area contributed by atoms with Crippen LogP contribution in [-0.4, -0.2) is 12.5 Å². The van der Waals surface area contributed by atoms with Crippen LogP contribution in [0.4, 0.5) is 4.39 Å². The molecule has 3 rings (SSSR count). The molecular formula is C19H24ArFNOW. The molecule has 0 saturated heterocycles. The van der Waals surface area contributed by atoms with Crippen LogP contribution < -0.4 is 4.98 Å². The number of rotatable bonds is 4. The molecule has 1 aromatic heterocycles. The molecule has 0 aliphatic heterocycles. The number of aldehydes is 1. The van der Waals surface area contributed by atoms with Crippen molar-refractivity contribution in [2.75, 3.05) is 0 Å².